The van der Waals surface area contributed by atoms with Gasteiger partial charge in [0.25, 0.3) is 0 Å². The molecule has 0 spiro atoms. The van der Waals surface area contributed by atoms with E-state index >= 15 is 0 Å². The number of fused-ring (bicyclic) bond motifs is 11. The van der Waals surface area contributed by atoms with Gasteiger partial charge in [-0.05, 0) is 109 Å². The first-order valence-corrected chi connectivity index (χ1v) is 48.1. The minimum atomic E-state index is 0.0589. The number of likely N-dealkylation sites (N-methyl/N-ethyl adjacent to an activating group) is 1. The fourth-order valence-corrected chi connectivity index (χ4v) is 22.5. The highest BCUT2D eigenvalue weighted by molar-refractivity contribution is 5.95. The number of aromatic nitrogens is 1. The average Bonchev–Trinajstić information content (AvgIpc) is 1.59. The van der Waals surface area contributed by atoms with Crippen molar-refractivity contribution in [3.05, 3.63) is 24.0 Å². The van der Waals surface area contributed by atoms with Gasteiger partial charge in [-0.15, -0.1) is 0 Å². The molecule has 14 rings (SSSR count). The number of amides is 7. The minimum absolute atomic E-state index is 0.0589. The van der Waals surface area contributed by atoms with E-state index in [-0.39, 0.29) is 47.3 Å². The summed E-state index contributed by atoms with van der Waals surface area (Å²) < 4.78 is 9.46. The largest absolute Gasteiger partial charge is 0.342 e. The Morgan fingerprint density at radius 1 is 0.398 bits per heavy atom. The van der Waals surface area contributed by atoms with Crippen molar-refractivity contribution in [2.45, 2.75) is 337 Å². The van der Waals surface area contributed by atoms with Gasteiger partial charge < -0.3 is 61.2 Å². The highest BCUT2D eigenvalue weighted by Crippen LogP contribution is 2.41. The molecular weight excluding hydrogens is 1470 g/mol. The van der Waals surface area contributed by atoms with Crippen molar-refractivity contribution in [2.75, 3.05) is 171 Å². The Morgan fingerprint density at radius 3 is 1.33 bits per heavy atom. The summed E-state index contributed by atoms with van der Waals surface area (Å²) in [6.07, 6.45) is 14.0. The van der Waals surface area contributed by atoms with Gasteiger partial charge in [0.15, 0.2) is 12.2 Å². The second kappa shape index (κ2) is 41.8. The molecule has 7 amide bonds. The molecule has 0 saturated carbocycles. The number of rotatable bonds is 15. The molecule has 1 aromatic rings. The topological polar surface area (TPSA) is 146 Å². The molecule has 9 unspecified atom stereocenters. The summed E-state index contributed by atoms with van der Waals surface area (Å²) in [4.78, 5) is 99.3. The monoisotopic (exact) mass is 1660 g/mol. The first-order valence-electron chi connectivity index (χ1n) is 48.1. The number of pyridine rings is 1. The summed E-state index contributed by atoms with van der Waals surface area (Å²) >= 11 is 0. The zero-order chi connectivity index (χ0) is 88.6. The first-order chi connectivity index (χ1) is 54.9. The van der Waals surface area contributed by atoms with Crippen LogP contribution in [0.15, 0.2) is 18.3 Å². The van der Waals surface area contributed by atoms with Crippen LogP contribution in [-0.4, -0.2) is 336 Å². The van der Waals surface area contributed by atoms with Crippen molar-refractivity contribution in [1.29, 1.82) is 0 Å². The molecule has 0 N–H and O–H groups in total. The third kappa shape index (κ3) is 23.0. The summed E-state index contributed by atoms with van der Waals surface area (Å²) in [6, 6.07) is 12.3. The molecule has 12 fully saturated rings. The van der Waals surface area contributed by atoms with Gasteiger partial charge in [0.2, 0.25) is 47.0 Å². The molecule has 0 aliphatic carbocycles. The number of anilines is 1. The molecule has 21 heteroatoms. The van der Waals surface area contributed by atoms with Gasteiger partial charge in [-0.3, -0.25) is 33.6 Å². The highest BCUT2D eigenvalue weighted by Gasteiger charge is 2.57. The number of piperidine rings is 2. The number of likely N-dealkylation sites (tertiary alicyclic amines) is 5. The van der Waals surface area contributed by atoms with Gasteiger partial charge in [0.05, 0.1) is 187 Å². The van der Waals surface area contributed by atoms with Gasteiger partial charge in [-0.25, -0.2) is 0 Å². The number of piperazine rings is 3. The quantitative estimate of drug-likeness (QED) is 0.125. The Bertz CT molecular complexity index is 3410. The lowest BCUT2D eigenvalue weighted by Gasteiger charge is -2.50. The lowest BCUT2D eigenvalue weighted by molar-refractivity contribution is -0.962. The average molecular weight is 1660 g/mol. The van der Waals surface area contributed by atoms with E-state index in [2.05, 4.69) is 166 Å². The van der Waals surface area contributed by atoms with Crippen LogP contribution in [0.25, 0.3) is 0 Å². The summed E-state index contributed by atoms with van der Waals surface area (Å²) in [6.45, 7) is 83.3. The Labute approximate surface area is 722 Å². The van der Waals surface area contributed by atoms with Crippen LogP contribution in [0.3, 0.4) is 0 Å². The zero-order valence-electron chi connectivity index (χ0n) is 82.0. The summed E-state index contributed by atoms with van der Waals surface area (Å²) in [7, 11) is 9.36. The number of quaternary nitrogens is 6. The van der Waals surface area contributed by atoms with Crippen LogP contribution in [0.2, 0.25) is 0 Å². The molecule has 676 valence electrons. The molecule has 13 aliphatic heterocycles. The van der Waals surface area contributed by atoms with Crippen LogP contribution >= 0.6 is 0 Å². The Kier molecular flexibility index (Phi) is 35.5. The Balaban J connectivity index is 0.000000190. The predicted octanol–water partition coefficient (Wildman–Crippen LogP) is 12.9. The van der Waals surface area contributed by atoms with E-state index < -0.39 is 0 Å². The third-order valence-electron chi connectivity index (χ3n) is 32.2. The number of hydrogen-bond donors (Lipinski definition) is 0. The Hall–Kier alpha value is -4.80. The maximum absolute atomic E-state index is 12.3. The van der Waals surface area contributed by atoms with Gasteiger partial charge in [0, 0.05) is 156 Å². The Morgan fingerprint density at radius 2 is 0.873 bits per heavy atom. The van der Waals surface area contributed by atoms with Crippen LogP contribution in [-0.2, 0) is 40.0 Å². The number of carbonyl (C=O) groups is 7. The van der Waals surface area contributed by atoms with Gasteiger partial charge >= 0.3 is 0 Å². The minimum Gasteiger partial charge on any atom is -0.342 e. The van der Waals surface area contributed by atoms with E-state index in [0.717, 1.165) is 137 Å². The van der Waals surface area contributed by atoms with E-state index in [1.54, 1.807) is 0 Å². The fraction of sp³-hybridized carbons (Fsp3) is 0.876. The maximum Gasteiger partial charge on any atom is 0.229 e. The molecule has 9 atom stereocenters. The summed E-state index contributed by atoms with van der Waals surface area (Å²) in [5.74, 6) is 4.74. The second-order valence-corrected chi connectivity index (χ2v) is 44.0. The normalized spacial score (nSPS) is 29.7. The SMILES string of the molecule is CC(C)C(=O)N1CC2CC1C[N+]2(C)C(C)C.CC(C)C(=O)N1CC2C[N+](C)(C(C)C)CC2C1.CC(C)C(=O)N1CCC([N+](C)(C)C(C)C)CC1.CC(C)C(=O)N1CCCc2c1ccc[n+]2C(C)C.CC(C)C(=O)N1CC[N+]2(C(C)C)CCC1C2.CC(C)C(=O)N1CC[N+]2(C(C)C)CCC1CC2.CC(C)C(=O)N1CC[N+]2(C(C)C)CCCC2C1. The molecule has 12 saturated heterocycles. The zero-order valence-corrected chi connectivity index (χ0v) is 82.0. The highest BCUT2D eigenvalue weighted by atomic mass is 16.2. The molecule has 118 heavy (non-hydrogen) atoms. The number of nitrogens with zero attached hydrogens (tertiary/aromatic N) is 14. The van der Waals surface area contributed by atoms with Crippen LogP contribution in [0, 0.1) is 53.3 Å². The molecule has 13 aliphatic rings. The van der Waals surface area contributed by atoms with Crippen molar-refractivity contribution in [3.8, 4) is 0 Å². The summed E-state index contributed by atoms with van der Waals surface area (Å²) in [5, 5.41) is 0. The lowest BCUT2D eigenvalue weighted by Crippen LogP contribution is -2.66. The maximum atomic E-state index is 12.3. The van der Waals surface area contributed by atoms with E-state index in [1.165, 1.54) is 115 Å². The van der Waals surface area contributed by atoms with Gasteiger partial charge in [0.1, 0.15) is 17.8 Å². The molecule has 0 aromatic carbocycles. The van der Waals surface area contributed by atoms with Crippen molar-refractivity contribution < 1.29 is 65.0 Å². The predicted molar refractivity (Wildman–Crippen MR) is 483 cm³/mol. The van der Waals surface area contributed by atoms with E-state index in [1.807, 2.05) is 113 Å². The smallest absolute Gasteiger partial charge is 0.229 e. The van der Waals surface area contributed by atoms with Crippen molar-refractivity contribution >= 4 is 47.0 Å². The van der Waals surface area contributed by atoms with Crippen LogP contribution in [0.5, 0.6) is 0 Å². The van der Waals surface area contributed by atoms with E-state index in [9.17, 15) is 33.6 Å². The fourth-order valence-electron chi connectivity index (χ4n) is 22.5. The van der Waals surface area contributed by atoms with Crippen molar-refractivity contribution in [3.63, 3.8) is 0 Å². The number of carbonyl (C=O) groups excluding carboxylic acids is 7. The van der Waals surface area contributed by atoms with Gasteiger partial charge in [-0.2, -0.15) is 4.57 Å². The van der Waals surface area contributed by atoms with Crippen molar-refractivity contribution in [1.82, 2.24) is 29.4 Å². The second-order valence-electron chi connectivity index (χ2n) is 44.0. The lowest BCUT2D eigenvalue weighted by atomic mass is 9.98. The van der Waals surface area contributed by atoms with Gasteiger partial charge in [-0.1, -0.05) is 96.9 Å². The summed E-state index contributed by atoms with van der Waals surface area (Å²) in [5.41, 5.74) is 2.41. The standard InChI is InChI=1S/C15H23N2O.3C14H27N2O.C14H29N2O.2C13H25N2O/c1-11(2)15(18)17-10-6-7-13-14(17)8-5-9-16(13)12(3)4;1-10(2)14(17)15-6-12-8-16(5,11(3)4)9-13(12)7-15;1-11(2)14(17)15-7-10-16(12(3)4)8-5-13(15)6-9-16;1-11(2)14(17)15-7-9-16(12(3)4)8-5-6-13(16)10-15;1-11(2)14(17)15-9-7-13(8-10-15)16(5,6)12(3)4;1-9(2)13(16)14-7-12-6-11(14)8-15(12,5)10(3)4;1-10(2)13(16)14-6-8-15(11(3)4)7-5-12(14)9-15/h5,8-9,11-12H,6-7,10H2,1-4H3;10-13H,6-9H2,1-5H3;2*11-13H,5-10H2,1-4H3;11-13H,7-10H2,1-6H3;9-12H,6-8H2,1-5H3;10-12H,5-9H2,1-4H3/q7*+1. The third-order valence-corrected chi connectivity index (χ3v) is 32.2. The van der Waals surface area contributed by atoms with Crippen LogP contribution in [0.1, 0.15) is 263 Å². The molecular formula is C97H183N14O7+7. The molecule has 0 radical (unpaired) electrons. The van der Waals surface area contributed by atoms with Crippen molar-refractivity contribution in [2.24, 2.45) is 53.3 Å². The molecule has 14 heterocycles. The molecule has 1 aromatic heterocycles. The first kappa shape index (κ1) is 100. The molecule has 6 bridgehead atoms. The van der Waals surface area contributed by atoms with Crippen LogP contribution < -0.4 is 9.47 Å². The van der Waals surface area contributed by atoms with Crippen LogP contribution in [0.4, 0.5) is 5.69 Å². The van der Waals surface area contributed by atoms with E-state index in [4.69, 9.17) is 0 Å². The molecule has 21 nitrogen and oxygen atoms in total. The number of hydrogen-bond acceptors (Lipinski definition) is 7. The van der Waals surface area contributed by atoms with E-state index in [0.29, 0.717) is 114 Å².